The number of carbonyl (C=O) groups is 1. The number of pyridine rings is 1. The number of hydrogen-bond donors (Lipinski definition) is 2. The predicted octanol–water partition coefficient (Wildman–Crippen LogP) is 1.38. The van der Waals surface area contributed by atoms with Crippen molar-refractivity contribution in [3.05, 3.63) is 32.2 Å². The molecule has 12 heavy (non-hydrogen) atoms. The van der Waals surface area contributed by atoms with Crippen LogP contribution in [0.3, 0.4) is 0 Å². The van der Waals surface area contributed by atoms with E-state index in [0.717, 1.165) is 6.07 Å². The quantitative estimate of drug-likeness (QED) is 0.684. The second kappa shape index (κ2) is 3.16. The van der Waals surface area contributed by atoms with Gasteiger partial charge in [-0.1, -0.05) is 23.2 Å². The van der Waals surface area contributed by atoms with E-state index in [4.69, 9.17) is 28.3 Å². The van der Waals surface area contributed by atoms with Gasteiger partial charge >= 0.3 is 5.97 Å². The fourth-order valence-electron chi connectivity index (χ4n) is 0.641. The maximum absolute atomic E-state index is 10.9. The number of aromatic nitrogens is 1. The number of aromatic carboxylic acids is 1. The van der Waals surface area contributed by atoms with Crippen molar-refractivity contribution in [3.63, 3.8) is 0 Å². The van der Waals surface area contributed by atoms with Crippen LogP contribution in [0.5, 0.6) is 0 Å². The standard InChI is InChI=1S/C6H3Cl2NO3/c7-3-1-2(6(11)12)5(10)9-4(3)8/h1H,(H,9,10)(H,11,12). The third-order valence-corrected chi connectivity index (χ3v) is 1.87. The van der Waals surface area contributed by atoms with Crippen LogP contribution in [0.25, 0.3) is 0 Å². The zero-order chi connectivity index (χ0) is 9.30. The Kier molecular flexibility index (Phi) is 2.40. The number of H-pyrrole nitrogens is 1. The first-order valence-electron chi connectivity index (χ1n) is 2.84. The van der Waals surface area contributed by atoms with Gasteiger partial charge in [0.15, 0.2) is 0 Å². The Labute approximate surface area is 76.7 Å². The molecule has 0 saturated carbocycles. The zero-order valence-corrected chi connectivity index (χ0v) is 7.11. The number of rotatable bonds is 1. The van der Waals surface area contributed by atoms with Crippen molar-refractivity contribution in [1.29, 1.82) is 0 Å². The Morgan fingerprint density at radius 1 is 1.50 bits per heavy atom. The molecule has 0 aromatic carbocycles. The first-order valence-corrected chi connectivity index (χ1v) is 3.59. The minimum atomic E-state index is -1.34. The molecule has 6 heteroatoms. The molecule has 1 rings (SSSR count). The van der Waals surface area contributed by atoms with Crippen molar-refractivity contribution in [2.24, 2.45) is 0 Å². The van der Waals surface area contributed by atoms with Crippen molar-refractivity contribution in [1.82, 2.24) is 4.98 Å². The topological polar surface area (TPSA) is 70.2 Å². The molecule has 0 aliphatic heterocycles. The van der Waals surface area contributed by atoms with Crippen LogP contribution in [-0.4, -0.2) is 16.1 Å². The van der Waals surface area contributed by atoms with Gasteiger partial charge in [-0.25, -0.2) is 4.79 Å². The number of carboxylic acids is 1. The molecular formula is C6H3Cl2NO3. The van der Waals surface area contributed by atoms with Crippen LogP contribution in [0.15, 0.2) is 10.9 Å². The lowest BCUT2D eigenvalue weighted by Gasteiger charge is -1.96. The molecule has 0 spiro atoms. The molecule has 1 aromatic rings. The first kappa shape index (κ1) is 9.09. The number of halogens is 2. The normalized spacial score (nSPS) is 9.83. The highest BCUT2D eigenvalue weighted by Crippen LogP contribution is 2.17. The maximum atomic E-state index is 10.9. The van der Waals surface area contributed by atoms with Crippen LogP contribution in [-0.2, 0) is 0 Å². The number of carboxylic acid groups (broad SMARTS) is 1. The van der Waals surface area contributed by atoms with E-state index >= 15 is 0 Å². The lowest BCUT2D eigenvalue weighted by atomic mass is 10.3. The van der Waals surface area contributed by atoms with Gasteiger partial charge in [0, 0.05) is 0 Å². The van der Waals surface area contributed by atoms with E-state index in [1.165, 1.54) is 0 Å². The maximum Gasteiger partial charge on any atom is 0.341 e. The van der Waals surface area contributed by atoms with Crippen molar-refractivity contribution in [2.75, 3.05) is 0 Å². The second-order valence-corrected chi connectivity index (χ2v) is 2.76. The van der Waals surface area contributed by atoms with Gasteiger partial charge in [-0.2, -0.15) is 0 Å². The summed E-state index contributed by atoms with van der Waals surface area (Å²) in [6.07, 6.45) is 0. The Hall–Kier alpha value is -1.00. The average molecular weight is 208 g/mol. The molecule has 0 radical (unpaired) electrons. The third-order valence-electron chi connectivity index (χ3n) is 1.18. The summed E-state index contributed by atoms with van der Waals surface area (Å²) in [4.78, 5) is 23.3. The molecule has 1 aromatic heterocycles. The summed E-state index contributed by atoms with van der Waals surface area (Å²) < 4.78 is 0. The molecular weight excluding hydrogens is 205 g/mol. The van der Waals surface area contributed by atoms with Crippen molar-refractivity contribution in [3.8, 4) is 0 Å². The summed E-state index contributed by atoms with van der Waals surface area (Å²) in [6, 6.07) is 1.01. The average Bonchev–Trinajstić information content (AvgIpc) is 1.96. The van der Waals surface area contributed by atoms with Crippen molar-refractivity contribution in [2.45, 2.75) is 0 Å². The molecule has 0 atom stereocenters. The lowest BCUT2D eigenvalue weighted by Crippen LogP contribution is -2.17. The number of aromatic amines is 1. The minimum absolute atomic E-state index is 0.00802. The van der Waals surface area contributed by atoms with Crippen LogP contribution in [0, 0.1) is 0 Å². The van der Waals surface area contributed by atoms with E-state index in [1.54, 1.807) is 0 Å². The summed E-state index contributed by atoms with van der Waals surface area (Å²) in [6.45, 7) is 0. The van der Waals surface area contributed by atoms with Crippen LogP contribution >= 0.6 is 23.2 Å². The molecule has 1 heterocycles. The highest BCUT2D eigenvalue weighted by atomic mass is 35.5. The summed E-state index contributed by atoms with van der Waals surface area (Å²) in [7, 11) is 0. The van der Waals surface area contributed by atoms with Gasteiger partial charge in [-0.15, -0.1) is 0 Å². The van der Waals surface area contributed by atoms with E-state index < -0.39 is 17.1 Å². The van der Waals surface area contributed by atoms with Gasteiger partial charge in [0.25, 0.3) is 5.56 Å². The largest absolute Gasteiger partial charge is 0.477 e. The summed E-state index contributed by atoms with van der Waals surface area (Å²) in [5.41, 5.74) is -1.19. The van der Waals surface area contributed by atoms with Gasteiger partial charge in [0.05, 0.1) is 5.02 Å². The molecule has 0 fully saturated rings. The molecule has 0 saturated heterocycles. The van der Waals surface area contributed by atoms with E-state index in [2.05, 4.69) is 4.98 Å². The van der Waals surface area contributed by atoms with Gasteiger partial charge in [0.1, 0.15) is 10.7 Å². The molecule has 0 unspecified atom stereocenters. The molecule has 4 nitrogen and oxygen atoms in total. The molecule has 0 bridgehead atoms. The third kappa shape index (κ3) is 1.60. The minimum Gasteiger partial charge on any atom is -0.477 e. The first-order chi connectivity index (χ1) is 5.52. The predicted molar refractivity (Wildman–Crippen MR) is 44.0 cm³/mol. The van der Waals surface area contributed by atoms with Crippen LogP contribution < -0.4 is 5.56 Å². The second-order valence-electron chi connectivity index (χ2n) is 1.98. The highest BCUT2D eigenvalue weighted by Gasteiger charge is 2.10. The molecule has 0 amide bonds. The van der Waals surface area contributed by atoms with Crippen molar-refractivity contribution < 1.29 is 9.90 Å². The van der Waals surface area contributed by atoms with E-state index in [-0.39, 0.29) is 10.2 Å². The smallest absolute Gasteiger partial charge is 0.341 e. The van der Waals surface area contributed by atoms with E-state index in [1.807, 2.05) is 0 Å². The monoisotopic (exact) mass is 207 g/mol. The Morgan fingerprint density at radius 2 is 2.08 bits per heavy atom. The SMILES string of the molecule is O=C(O)c1cc(Cl)c(Cl)[nH]c1=O. The Morgan fingerprint density at radius 3 is 2.58 bits per heavy atom. The van der Waals surface area contributed by atoms with Gasteiger partial charge in [0.2, 0.25) is 0 Å². The molecule has 0 aliphatic rings. The Balaban J connectivity index is 3.43. The molecule has 2 N–H and O–H groups in total. The summed E-state index contributed by atoms with van der Waals surface area (Å²) >= 11 is 10.9. The number of nitrogens with one attached hydrogen (secondary N) is 1. The van der Waals surface area contributed by atoms with Gasteiger partial charge in [-0.05, 0) is 6.07 Å². The van der Waals surface area contributed by atoms with E-state index in [0.29, 0.717) is 0 Å². The summed E-state index contributed by atoms with van der Waals surface area (Å²) in [5, 5.41) is 8.40. The lowest BCUT2D eigenvalue weighted by molar-refractivity contribution is 0.0695. The van der Waals surface area contributed by atoms with Gasteiger partial charge < -0.3 is 10.1 Å². The zero-order valence-electron chi connectivity index (χ0n) is 5.60. The highest BCUT2D eigenvalue weighted by molar-refractivity contribution is 6.41. The molecule has 0 aliphatic carbocycles. The fraction of sp³-hybridized carbons (Fsp3) is 0. The Bertz CT molecular complexity index is 385. The van der Waals surface area contributed by atoms with Crippen LogP contribution in [0.2, 0.25) is 10.2 Å². The molecule has 64 valence electrons. The fourth-order valence-corrected chi connectivity index (χ4v) is 0.938. The van der Waals surface area contributed by atoms with Crippen LogP contribution in [0.4, 0.5) is 0 Å². The van der Waals surface area contributed by atoms with Gasteiger partial charge in [-0.3, -0.25) is 4.79 Å². The van der Waals surface area contributed by atoms with Crippen LogP contribution in [0.1, 0.15) is 10.4 Å². The van der Waals surface area contributed by atoms with Crippen molar-refractivity contribution >= 4 is 29.2 Å². The summed E-state index contributed by atoms with van der Waals surface area (Å²) in [5.74, 6) is -1.34. The van der Waals surface area contributed by atoms with E-state index in [9.17, 15) is 9.59 Å². The number of hydrogen-bond acceptors (Lipinski definition) is 2.